The quantitative estimate of drug-likeness (QED) is 0.166. The van der Waals surface area contributed by atoms with Gasteiger partial charge in [-0.15, -0.1) is 0 Å². The van der Waals surface area contributed by atoms with E-state index in [0.29, 0.717) is 0 Å². The summed E-state index contributed by atoms with van der Waals surface area (Å²) in [4.78, 5) is 0. The lowest BCUT2D eigenvalue weighted by Crippen LogP contribution is -1.90. The van der Waals surface area contributed by atoms with Gasteiger partial charge in [-0.1, -0.05) is 158 Å². The van der Waals surface area contributed by atoms with Gasteiger partial charge in [0.2, 0.25) is 0 Å². The van der Waals surface area contributed by atoms with E-state index in [1.165, 1.54) is 109 Å². The van der Waals surface area contributed by atoms with Crippen LogP contribution in [0.2, 0.25) is 0 Å². The van der Waals surface area contributed by atoms with Crippen LogP contribution >= 0.6 is 0 Å². The molecule has 0 heterocycles. The van der Waals surface area contributed by atoms with Crippen molar-refractivity contribution < 1.29 is 0 Å². The summed E-state index contributed by atoms with van der Waals surface area (Å²) in [5, 5.41) is 17.8. The summed E-state index contributed by atoms with van der Waals surface area (Å²) < 4.78 is 0. The van der Waals surface area contributed by atoms with Crippen molar-refractivity contribution in [2.45, 2.75) is 0 Å². The molecule has 0 saturated carbocycles. The maximum absolute atomic E-state index is 2.45. The van der Waals surface area contributed by atoms with Gasteiger partial charge >= 0.3 is 0 Å². The molecule has 0 nitrogen and oxygen atoms in total. The highest BCUT2D eigenvalue weighted by molar-refractivity contribution is 6.29. The Morgan fingerprint density at radius 2 is 0.596 bits per heavy atom. The third-order valence-corrected chi connectivity index (χ3v) is 11.2. The fourth-order valence-corrected chi connectivity index (χ4v) is 8.56. The number of hydrogen-bond acceptors (Lipinski definition) is 0. The maximum atomic E-state index is 2.45. The molecule has 11 aromatic carbocycles. The van der Waals surface area contributed by atoms with E-state index in [4.69, 9.17) is 0 Å². The average Bonchev–Trinajstić information content (AvgIpc) is 3.22. The second kappa shape index (κ2) is 11.4. The van der Waals surface area contributed by atoms with Crippen LogP contribution in [0.5, 0.6) is 0 Å². The van der Waals surface area contributed by atoms with Crippen molar-refractivity contribution in [3.05, 3.63) is 194 Å². The largest absolute Gasteiger partial charge is 0.0616 e. The van der Waals surface area contributed by atoms with E-state index in [2.05, 4.69) is 194 Å². The van der Waals surface area contributed by atoms with Gasteiger partial charge in [0.05, 0.1) is 0 Å². The lowest BCUT2D eigenvalue weighted by Gasteiger charge is -2.18. The van der Waals surface area contributed by atoms with Gasteiger partial charge in [0.15, 0.2) is 0 Å². The summed E-state index contributed by atoms with van der Waals surface area (Å²) in [7, 11) is 0. The Balaban J connectivity index is 1.15. The van der Waals surface area contributed by atoms with Crippen molar-refractivity contribution in [3.63, 3.8) is 0 Å². The van der Waals surface area contributed by atoms with E-state index in [-0.39, 0.29) is 0 Å². The van der Waals surface area contributed by atoms with E-state index in [0.717, 1.165) is 0 Å². The molecule has 0 saturated heterocycles. The van der Waals surface area contributed by atoms with Gasteiger partial charge in [-0.2, -0.15) is 0 Å². The summed E-state index contributed by atoms with van der Waals surface area (Å²) in [5.74, 6) is 0. The molecule has 0 heteroatoms. The molecule has 11 rings (SSSR count). The highest BCUT2D eigenvalue weighted by atomic mass is 14.2. The number of fused-ring (bicyclic) bond motifs is 10. The highest BCUT2D eigenvalue weighted by Gasteiger charge is 2.17. The average molecular weight is 657 g/mol. The van der Waals surface area contributed by atoms with Gasteiger partial charge in [-0.3, -0.25) is 0 Å². The van der Waals surface area contributed by atoms with Crippen molar-refractivity contribution in [2.75, 3.05) is 0 Å². The summed E-state index contributed by atoms with van der Waals surface area (Å²) in [6, 6.07) is 72.0. The zero-order valence-corrected chi connectivity index (χ0v) is 28.5. The van der Waals surface area contributed by atoms with Crippen LogP contribution in [0.3, 0.4) is 0 Å². The van der Waals surface area contributed by atoms with Crippen molar-refractivity contribution in [1.29, 1.82) is 0 Å². The summed E-state index contributed by atoms with van der Waals surface area (Å²) in [5.41, 5.74) is 7.48. The summed E-state index contributed by atoms with van der Waals surface area (Å²) in [6.07, 6.45) is 0. The SMILES string of the molecule is c1ccc2cc(-c3ccc4cc(-c5cc6c7ccccc7c(-c7ccc8ccccc8c7)cc6c6c5ccc5ccccc56)ccc4c3)ccc2c1. The molecular formula is C52H32. The minimum atomic E-state index is 1.23. The van der Waals surface area contributed by atoms with Gasteiger partial charge in [0.25, 0.3) is 0 Å². The highest BCUT2D eigenvalue weighted by Crippen LogP contribution is 2.45. The molecule has 11 aromatic rings. The predicted octanol–water partition coefficient (Wildman–Crippen LogP) is 14.8. The Labute approximate surface area is 301 Å². The van der Waals surface area contributed by atoms with Crippen LogP contribution in [0.25, 0.3) is 109 Å². The van der Waals surface area contributed by atoms with Crippen LogP contribution in [-0.4, -0.2) is 0 Å². The lowest BCUT2D eigenvalue weighted by atomic mass is 9.85. The predicted molar refractivity (Wildman–Crippen MR) is 225 cm³/mol. The molecule has 0 aliphatic carbocycles. The Bertz CT molecular complexity index is 3240. The third kappa shape index (κ3) is 4.55. The first kappa shape index (κ1) is 29.0. The maximum Gasteiger partial charge on any atom is -0.00201 e. The fourth-order valence-electron chi connectivity index (χ4n) is 8.56. The van der Waals surface area contributed by atoms with Crippen LogP contribution in [0.4, 0.5) is 0 Å². The monoisotopic (exact) mass is 656 g/mol. The molecule has 0 fully saturated rings. The molecule has 0 bridgehead atoms. The molecule has 0 amide bonds. The first-order valence-electron chi connectivity index (χ1n) is 18.1. The van der Waals surface area contributed by atoms with Gasteiger partial charge in [0.1, 0.15) is 0 Å². The van der Waals surface area contributed by atoms with Crippen LogP contribution in [0, 0.1) is 0 Å². The number of hydrogen-bond donors (Lipinski definition) is 0. The molecule has 0 atom stereocenters. The number of rotatable bonds is 3. The topological polar surface area (TPSA) is 0 Å². The van der Waals surface area contributed by atoms with Crippen LogP contribution in [0.1, 0.15) is 0 Å². The fraction of sp³-hybridized carbons (Fsp3) is 0. The van der Waals surface area contributed by atoms with Gasteiger partial charge in [0, 0.05) is 0 Å². The minimum absolute atomic E-state index is 1.23. The minimum Gasteiger partial charge on any atom is -0.0616 e. The van der Waals surface area contributed by atoms with Gasteiger partial charge in [-0.05, 0) is 145 Å². The first-order valence-corrected chi connectivity index (χ1v) is 18.1. The Hall–Kier alpha value is -6.76. The standard InChI is InChI=1S/C52H32/c1-3-12-36-27-38(19-17-33(36)9-1)39-20-21-41-30-43(24-22-40(41)28-39)49-31-50-46-16-8-7-15-45(46)48(42-23-18-34-10-2-4-13-37(34)29-42)32-51(50)52-44-14-6-5-11-35(44)25-26-47(49)52/h1-32H. The Morgan fingerprint density at radius 1 is 0.192 bits per heavy atom. The van der Waals surface area contributed by atoms with Crippen LogP contribution in [0.15, 0.2) is 194 Å². The molecule has 0 unspecified atom stereocenters. The molecule has 0 spiro atoms. The molecule has 52 heavy (non-hydrogen) atoms. The zero-order chi connectivity index (χ0) is 34.2. The third-order valence-electron chi connectivity index (χ3n) is 11.2. The van der Waals surface area contributed by atoms with Crippen LogP contribution < -0.4 is 0 Å². The van der Waals surface area contributed by atoms with Gasteiger partial charge in [-0.25, -0.2) is 0 Å². The van der Waals surface area contributed by atoms with E-state index in [1.807, 2.05) is 0 Å². The van der Waals surface area contributed by atoms with Crippen molar-refractivity contribution in [1.82, 2.24) is 0 Å². The van der Waals surface area contributed by atoms with Crippen molar-refractivity contribution in [3.8, 4) is 33.4 Å². The first-order chi connectivity index (χ1) is 25.7. The van der Waals surface area contributed by atoms with E-state index < -0.39 is 0 Å². The summed E-state index contributed by atoms with van der Waals surface area (Å²) >= 11 is 0. The Morgan fingerprint density at radius 3 is 1.23 bits per heavy atom. The van der Waals surface area contributed by atoms with E-state index in [9.17, 15) is 0 Å². The normalized spacial score (nSPS) is 11.8. The van der Waals surface area contributed by atoms with Gasteiger partial charge < -0.3 is 0 Å². The molecule has 0 radical (unpaired) electrons. The van der Waals surface area contributed by atoms with Crippen molar-refractivity contribution in [2.24, 2.45) is 0 Å². The Kier molecular flexibility index (Phi) is 6.35. The molecular weight excluding hydrogens is 625 g/mol. The van der Waals surface area contributed by atoms with Crippen molar-refractivity contribution >= 4 is 75.4 Å². The van der Waals surface area contributed by atoms with Crippen LogP contribution in [-0.2, 0) is 0 Å². The lowest BCUT2D eigenvalue weighted by molar-refractivity contribution is 1.66. The zero-order valence-electron chi connectivity index (χ0n) is 28.5. The van der Waals surface area contributed by atoms with E-state index in [1.54, 1.807) is 0 Å². The summed E-state index contributed by atoms with van der Waals surface area (Å²) in [6.45, 7) is 0. The van der Waals surface area contributed by atoms with E-state index >= 15 is 0 Å². The second-order valence-electron chi connectivity index (χ2n) is 14.1. The smallest absolute Gasteiger partial charge is 0.00201 e. The molecule has 0 aliphatic rings. The molecule has 0 N–H and O–H groups in total. The second-order valence-corrected chi connectivity index (χ2v) is 14.1. The molecule has 0 aromatic heterocycles. The molecule has 0 aliphatic heterocycles. The molecule has 240 valence electrons. The number of benzene rings is 11.